The first-order valence-electron chi connectivity index (χ1n) is 10.9. The first-order chi connectivity index (χ1) is 15.7. The van der Waals surface area contributed by atoms with Gasteiger partial charge in [-0.1, -0.05) is 66.6 Å². The molecule has 172 valence electrons. The summed E-state index contributed by atoms with van der Waals surface area (Å²) in [5, 5.41) is 0. The average Bonchev–Trinajstić information content (AvgIpc) is 2.82. The molecule has 0 bridgehead atoms. The van der Waals surface area contributed by atoms with Crippen LogP contribution in [0.15, 0.2) is 82.6 Å². The van der Waals surface area contributed by atoms with Gasteiger partial charge in [0.05, 0.1) is 10.6 Å². The molecule has 0 aliphatic rings. The van der Waals surface area contributed by atoms with E-state index in [1.807, 2.05) is 38.1 Å². The van der Waals surface area contributed by atoms with E-state index in [9.17, 15) is 18.0 Å². The lowest BCUT2D eigenvalue weighted by Gasteiger charge is -2.17. The molecule has 0 aromatic heterocycles. The summed E-state index contributed by atoms with van der Waals surface area (Å²) >= 11 is 1.47. The summed E-state index contributed by atoms with van der Waals surface area (Å²) in [5.74, 6) is -0.898. The molecule has 0 N–H and O–H groups in total. The van der Waals surface area contributed by atoms with Gasteiger partial charge in [-0.05, 0) is 38.1 Å². The maximum atomic E-state index is 13.4. The number of hydrogen-bond donors (Lipinski definition) is 0. The van der Waals surface area contributed by atoms with Crippen LogP contribution in [-0.2, 0) is 9.84 Å². The molecular formula is C27H28O4S2. The van der Waals surface area contributed by atoms with Crippen molar-refractivity contribution in [3.63, 3.8) is 0 Å². The van der Waals surface area contributed by atoms with Gasteiger partial charge in [0.2, 0.25) is 0 Å². The second kappa shape index (κ2) is 10.9. The van der Waals surface area contributed by atoms with Crippen LogP contribution in [0.2, 0.25) is 0 Å². The molecule has 1 unspecified atom stereocenters. The molecule has 0 radical (unpaired) electrons. The predicted octanol–water partition coefficient (Wildman–Crippen LogP) is 5.96. The molecule has 0 saturated carbocycles. The molecule has 33 heavy (non-hydrogen) atoms. The first kappa shape index (κ1) is 24.9. The third-order valence-electron chi connectivity index (χ3n) is 5.46. The summed E-state index contributed by atoms with van der Waals surface area (Å²) in [6.07, 6.45) is 0.387. The van der Waals surface area contributed by atoms with Crippen LogP contribution >= 0.6 is 11.8 Å². The van der Waals surface area contributed by atoms with Crippen molar-refractivity contribution in [2.75, 3.05) is 11.5 Å². The van der Waals surface area contributed by atoms with Crippen LogP contribution in [0, 0.1) is 19.8 Å². The van der Waals surface area contributed by atoms with Gasteiger partial charge in [0.15, 0.2) is 21.4 Å². The zero-order valence-corrected chi connectivity index (χ0v) is 20.7. The van der Waals surface area contributed by atoms with E-state index >= 15 is 0 Å². The third kappa shape index (κ3) is 6.65. The molecule has 6 heteroatoms. The fourth-order valence-electron chi connectivity index (χ4n) is 3.40. The minimum Gasteiger partial charge on any atom is -0.294 e. The third-order valence-corrected chi connectivity index (χ3v) is 8.46. The van der Waals surface area contributed by atoms with Gasteiger partial charge in [-0.25, -0.2) is 8.42 Å². The summed E-state index contributed by atoms with van der Waals surface area (Å²) in [5.41, 5.74) is 3.07. The van der Waals surface area contributed by atoms with Crippen molar-refractivity contribution >= 4 is 33.2 Å². The highest BCUT2D eigenvalue weighted by molar-refractivity contribution is 7.99. The molecular weight excluding hydrogens is 452 g/mol. The minimum absolute atomic E-state index is 0.00224. The Morgan fingerprint density at radius 3 is 1.85 bits per heavy atom. The Bertz CT molecular complexity index is 1210. The van der Waals surface area contributed by atoms with E-state index in [1.54, 1.807) is 55.5 Å². The van der Waals surface area contributed by atoms with Gasteiger partial charge < -0.3 is 0 Å². The smallest absolute Gasteiger partial charge is 0.179 e. The molecule has 3 aromatic carbocycles. The lowest BCUT2D eigenvalue weighted by atomic mass is 9.98. The van der Waals surface area contributed by atoms with Crippen LogP contribution in [0.3, 0.4) is 0 Å². The van der Waals surface area contributed by atoms with Crippen molar-refractivity contribution in [3.05, 3.63) is 95.1 Å². The summed E-state index contributed by atoms with van der Waals surface area (Å²) in [7, 11) is -3.65. The van der Waals surface area contributed by atoms with E-state index in [1.165, 1.54) is 11.8 Å². The monoisotopic (exact) mass is 480 g/mol. The molecule has 0 heterocycles. The number of rotatable bonds is 10. The Hall–Kier alpha value is -2.70. The van der Waals surface area contributed by atoms with Crippen molar-refractivity contribution < 1.29 is 18.0 Å². The number of thioether (sulfide) groups is 1. The quantitative estimate of drug-likeness (QED) is 0.264. The summed E-state index contributed by atoms with van der Waals surface area (Å²) in [4.78, 5) is 26.5. The maximum absolute atomic E-state index is 13.4. The average molecular weight is 481 g/mol. The van der Waals surface area contributed by atoms with Crippen molar-refractivity contribution in [1.29, 1.82) is 0 Å². The van der Waals surface area contributed by atoms with Gasteiger partial charge in [-0.2, -0.15) is 0 Å². The fraction of sp³-hybridized carbons (Fsp3) is 0.259. The number of aryl methyl sites for hydroxylation is 2. The van der Waals surface area contributed by atoms with E-state index in [-0.39, 0.29) is 22.2 Å². The standard InChI is InChI=1S/C27H28O4S2/c1-4-26(28)21-9-11-22(12-10-21)27(29)23(17-32-24-13-5-19(2)6-14-24)18-33(30,31)25-15-7-20(3)8-16-25/h5-16,23H,4,17-18H2,1-3H3. The number of Topliss-reactive ketones (excluding diaryl/α,β-unsaturated/α-hetero) is 2. The van der Waals surface area contributed by atoms with Crippen LogP contribution in [0.1, 0.15) is 45.2 Å². The van der Waals surface area contributed by atoms with Crippen LogP contribution in [0.4, 0.5) is 0 Å². The Morgan fingerprint density at radius 1 is 0.788 bits per heavy atom. The van der Waals surface area contributed by atoms with Crippen LogP contribution in [-0.4, -0.2) is 31.5 Å². The molecule has 0 aliphatic carbocycles. The SMILES string of the molecule is CCC(=O)c1ccc(C(=O)C(CSc2ccc(C)cc2)CS(=O)(=O)c2ccc(C)cc2)cc1. The molecule has 0 fully saturated rings. The number of hydrogen-bond acceptors (Lipinski definition) is 5. The molecule has 4 nitrogen and oxygen atoms in total. The first-order valence-corrected chi connectivity index (χ1v) is 13.5. The summed E-state index contributed by atoms with van der Waals surface area (Å²) in [6.45, 7) is 5.69. The Balaban J connectivity index is 1.86. The number of carbonyl (C=O) groups excluding carboxylic acids is 2. The Labute approximate surface area is 200 Å². The largest absolute Gasteiger partial charge is 0.294 e. The number of carbonyl (C=O) groups is 2. The Kier molecular flexibility index (Phi) is 8.27. The minimum atomic E-state index is -3.65. The van der Waals surface area contributed by atoms with Crippen LogP contribution < -0.4 is 0 Å². The molecule has 3 aromatic rings. The van der Waals surface area contributed by atoms with E-state index in [2.05, 4.69) is 0 Å². The van der Waals surface area contributed by atoms with Crippen molar-refractivity contribution in [2.45, 2.75) is 37.0 Å². The molecule has 0 amide bonds. The molecule has 3 rings (SSSR count). The zero-order valence-electron chi connectivity index (χ0n) is 19.1. The predicted molar refractivity (Wildman–Crippen MR) is 134 cm³/mol. The van der Waals surface area contributed by atoms with Crippen LogP contribution in [0.25, 0.3) is 0 Å². The molecule has 1 atom stereocenters. The topological polar surface area (TPSA) is 68.3 Å². The van der Waals surface area contributed by atoms with E-state index in [0.717, 1.165) is 16.0 Å². The highest BCUT2D eigenvalue weighted by atomic mass is 32.2. The van der Waals surface area contributed by atoms with Crippen molar-refractivity contribution in [1.82, 2.24) is 0 Å². The van der Waals surface area contributed by atoms with Crippen molar-refractivity contribution in [3.8, 4) is 0 Å². The van der Waals surface area contributed by atoms with Gasteiger partial charge >= 0.3 is 0 Å². The highest BCUT2D eigenvalue weighted by Gasteiger charge is 2.28. The second-order valence-corrected chi connectivity index (χ2v) is 11.3. The van der Waals surface area contributed by atoms with Gasteiger partial charge in [0.1, 0.15) is 0 Å². The lowest BCUT2D eigenvalue weighted by Crippen LogP contribution is -2.26. The lowest BCUT2D eigenvalue weighted by molar-refractivity contribution is 0.0940. The zero-order chi connectivity index (χ0) is 24.0. The normalized spacial score (nSPS) is 12.3. The van der Waals surface area contributed by atoms with E-state index < -0.39 is 15.8 Å². The summed E-state index contributed by atoms with van der Waals surface area (Å²) in [6, 6.07) is 21.1. The maximum Gasteiger partial charge on any atom is 0.179 e. The van der Waals surface area contributed by atoms with Gasteiger partial charge in [0, 0.05) is 34.1 Å². The van der Waals surface area contributed by atoms with Gasteiger partial charge in [0.25, 0.3) is 0 Å². The second-order valence-electron chi connectivity index (χ2n) is 8.13. The number of benzene rings is 3. The fourth-order valence-corrected chi connectivity index (χ4v) is 6.08. The van der Waals surface area contributed by atoms with Crippen LogP contribution in [0.5, 0.6) is 0 Å². The van der Waals surface area contributed by atoms with Gasteiger partial charge in [-0.15, -0.1) is 11.8 Å². The molecule has 0 aliphatic heterocycles. The van der Waals surface area contributed by atoms with E-state index in [0.29, 0.717) is 23.3 Å². The number of ketones is 2. The highest BCUT2D eigenvalue weighted by Crippen LogP contribution is 2.26. The van der Waals surface area contributed by atoms with Gasteiger partial charge in [-0.3, -0.25) is 9.59 Å². The van der Waals surface area contributed by atoms with E-state index in [4.69, 9.17) is 0 Å². The number of sulfone groups is 1. The Morgan fingerprint density at radius 2 is 1.30 bits per heavy atom. The molecule has 0 spiro atoms. The molecule has 0 saturated heterocycles. The summed E-state index contributed by atoms with van der Waals surface area (Å²) < 4.78 is 26.2. The van der Waals surface area contributed by atoms with Crippen molar-refractivity contribution in [2.24, 2.45) is 5.92 Å².